The first-order valence-electron chi connectivity index (χ1n) is 11.2. The molecular formula is C27H31N3O3. The minimum atomic E-state index is -0.356. The van der Waals surface area contributed by atoms with Crippen molar-refractivity contribution in [3.63, 3.8) is 0 Å². The Bertz CT molecular complexity index is 1120. The van der Waals surface area contributed by atoms with E-state index in [1.807, 2.05) is 62.4 Å². The van der Waals surface area contributed by atoms with Gasteiger partial charge in [-0.15, -0.1) is 0 Å². The highest BCUT2D eigenvalue weighted by molar-refractivity contribution is 5.97. The van der Waals surface area contributed by atoms with Gasteiger partial charge in [0.05, 0.1) is 18.4 Å². The normalized spacial score (nSPS) is 10.5. The van der Waals surface area contributed by atoms with Crippen molar-refractivity contribution >= 4 is 23.4 Å². The van der Waals surface area contributed by atoms with E-state index < -0.39 is 0 Å². The molecule has 172 valence electrons. The number of ether oxygens (including phenoxy) is 1. The molecule has 0 aliphatic heterocycles. The summed E-state index contributed by atoms with van der Waals surface area (Å²) in [6.07, 6.45) is 2.33. The Balaban J connectivity index is 1.76. The van der Waals surface area contributed by atoms with Crippen LogP contribution in [0.2, 0.25) is 0 Å². The molecule has 6 nitrogen and oxygen atoms in total. The average Bonchev–Trinajstić information content (AvgIpc) is 2.83. The van der Waals surface area contributed by atoms with Gasteiger partial charge in [-0.05, 0) is 54.7 Å². The lowest BCUT2D eigenvalue weighted by Crippen LogP contribution is -2.15. The molecule has 0 fully saturated rings. The van der Waals surface area contributed by atoms with Crippen molar-refractivity contribution in [2.45, 2.75) is 46.6 Å². The van der Waals surface area contributed by atoms with Crippen molar-refractivity contribution in [3.8, 4) is 11.1 Å². The van der Waals surface area contributed by atoms with Crippen molar-refractivity contribution in [1.82, 2.24) is 4.98 Å². The number of amides is 1. The van der Waals surface area contributed by atoms with Gasteiger partial charge in [0, 0.05) is 18.7 Å². The lowest BCUT2D eigenvalue weighted by molar-refractivity contribution is -0.116. The summed E-state index contributed by atoms with van der Waals surface area (Å²) in [5, 5.41) is 6.39. The zero-order chi connectivity index (χ0) is 23.8. The number of esters is 1. The van der Waals surface area contributed by atoms with Crippen LogP contribution in [0.4, 0.5) is 11.5 Å². The number of anilines is 2. The second-order valence-corrected chi connectivity index (χ2v) is 8.04. The fourth-order valence-corrected chi connectivity index (χ4v) is 3.67. The van der Waals surface area contributed by atoms with E-state index in [4.69, 9.17) is 4.74 Å². The largest absolute Gasteiger partial charge is 0.465 e. The average molecular weight is 446 g/mol. The third kappa shape index (κ3) is 6.19. The molecule has 0 aliphatic carbocycles. The highest BCUT2D eigenvalue weighted by atomic mass is 16.5. The summed E-state index contributed by atoms with van der Waals surface area (Å²) in [4.78, 5) is 29.0. The summed E-state index contributed by atoms with van der Waals surface area (Å²) in [5.74, 6) is 0.311. The van der Waals surface area contributed by atoms with Gasteiger partial charge in [0.25, 0.3) is 0 Å². The molecule has 0 aliphatic rings. The van der Waals surface area contributed by atoms with Gasteiger partial charge < -0.3 is 15.4 Å². The molecule has 2 aromatic carbocycles. The quantitative estimate of drug-likeness (QED) is 0.401. The van der Waals surface area contributed by atoms with Crippen LogP contribution in [0.3, 0.4) is 0 Å². The Morgan fingerprint density at radius 3 is 2.45 bits per heavy atom. The lowest BCUT2D eigenvalue weighted by atomic mass is 9.98. The number of nitrogens with zero attached hydrogens (tertiary/aromatic N) is 1. The Morgan fingerprint density at radius 1 is 1.03 bits per heavy atom. The lowest BCUT2D eigenvalue weighted by Gasteiger charge is -2.16. The van der Waals surface area contributed by atoms with Gasteiger partial charge in [-0.1, -0.05) is 55.8 Å². The number of aromatic nitrogens is 1. The van der Waals surface area contributed by atoms with Crippen LogP contribution in [0.15, 0.2) is 54.6 Å². The SMILES string of the molecule is CCCCC(=O)Nc1c(C)cc(C)nc1NCc1ccc(-c2ccccc2C(=O)OC)cc1. The number of pyridine rings is 1. The Morgan fingerprint density at radius 2 is 1.76 bits per heavy atom. The number of methoxy groups -OCH3 is 1. The zero-order valence-corrected chi connectivity index (χ0v) is 19.7. The van der Waals surface area contributed by atoms with Crippen LogP contribution < -0.4 is 10.6 Å². The molecule has 3 aromatic rings. The number of hydrogen-bond acceptors (Lipinski definition) is 5. The maximum absolute atomic E-state index is 12.3. The van der Waals surface area contributed by atoms with Crippen LogP contribution in [0.25, 0.3) is 11.1 Å². The molecule has 0 spiro atoms. The summed E-state index contributed by atoms with van der Waals surface area (Å²) in [7, 11) is 1.38. The topological polar surface area (TPSA) is 80.3 Å². The smallest absolute Gasteiger partial charge is 0.338 e. The summed E-state index contributed by atoms with van der Waals surface area (Å²) < 4.78 is 4.90. The number of carbonyl (C=O) groups excluding carboxylic acids is 2. The van der Waals surface area contributed by atoms with Gasteiger partial charge in [0.1, 0.15) is 0 Å². The molecule has 0 radical (unpaired) electrons. The fourth-order valence-electron chi connectivity index (χ4n) is 3.67. The van der Waals surface area contributed by atoms with Gasteiger partial charge >= 0.3 is 5.97 Å². The van der Waals surface area contributed by atoms with Crippen LogP contribution in [-0.4, -0.2) is 24.0 Å². The van der Waals surface area contributed by atoms with E-state index >= 15 is 0 Å². The van der Waals surface area contributed by atoms with Gasteiger partial charge in [0.2, 0.25) is 5.91 Å². The second-order valence-electron chi connectivity index (χ2n) is 8.04. The Labute approximate surface area is 195 Å². The zero-order valence-electron chi connectivity index (χ0n) is 19.7. The molecule has 0 bridgehead atoms. The van der Waals surface area contributed by atoms with Crippen molar-refractivity contribution in [1.29, 1.82) is 0 Å². The summed E-state index contributed by atoms with van der Waals surface area (Å²) >= 11 is 0. The van der Waals surface area contributed by atoms with Gasteiger partial charge in [-0.25, -0.2) is 9.78 Å². The maximum atomic E-state index is 12.3. The summed E-state index contributed by atoms with van der Waals surface area (Å²) in [6.45, 7) is 6.53. The third-order valence-electron chi connectivity index (χ3n) is 5.42. The first-order valence-corrected chi connectivity index (χ1v) is 11.2. The number of unbranched alkanes of at least 4 members (excludes halogenated alkanes) is 1. The van der Waals surface area contributed by atoms with E-state index in [9.17, 15) is 9.59 Å². The predicted molar refractivity (Wildman–Crippen MR) is 132 cm³/mol. The molecule has 6 heteroatoms. The molecule has 1 heterocycles. The first kappa shape index (κ1) is 24.0. The number of rotatable bonds is 9. The highest BCUT2D eigenvalue weighted by Gasteiger charge is 2.14. The van der Waals surface area contributed by atoms with Crippen LogP contribution in [-0.2, 0) is 16.1 Å². The van der Waals surface area contributed by atoms with Crippen molar-refractivity contribution in [2.75, 3.05) is 17.7 Å². The van der Waals surface area contributed by atoms with Crippen LogP contribution >= 0.6 is 0 Å². The number of benzene rings is 2. The monoisotopic (exact) mass is 445 g/mol. The fraction of sp³-hybridized carbons (Fsp3) is 0.296. The van der Waals surface area contributed by atoms with Crippen LogP contribution in [0, 0.1) is 13.8 Å². The van der Waals surface area contributed by atoms with Crippen molar-refractivity contribution < 1.29 is 14.3 Å². The minimum Gasteiger partial charge on any atom is -0.465 e. The van der Waals surface area contributed by atoms with Crippen molar-refractivity contribution in [3.05, 3.63) is 77.0 Å². The predicted octanol–water partition coefficient (Wildman–Crippen LogP) is 5.89. The Hall–Kier alpha value is -3.67. The molecular weight excluding hydrogens is 414 g/mol. The third-order valence-corrected chi connectivity index (χ3v) is 5.42. The van der Waals surface area contributed by atoms with Crippen molar-refractivity contribution in [2.24, 2.45) is 0 Å². The van der Waals surface area contributed by atoms with E-state index in [1.165, 1.54) is 7.11 Å². The van der Waals surface area contributed by atoms with Gasteiger partial charge in [0.15, 0.2) is 5.82 Å². The Kier molecular flexibility index (Phi) is 8.19. The standard InChI is InChI=1S/C27H31N3O3/c1-5-6-11-24(31)30-25-18(2)16-19(3)29-26(25)28-17-20-12-14-21(15-13-20)22-9-7-8-10-23(22)27(32)33-4/h7-10,12-16H,5-6,11,17H2,1-4H3,(H,28,29)(H,30,31). The first-order chi connectivity index (χ1) is 15.9. The molecule has 0 saturated heterocycles. The summed E-state index contributed by atoms with van der Waals surface area (Å²) in [5.41, 5.74) is 5.95. The number of hydrogen-bond donors (Lipinski definition) is 2. The number of carbonyl (C=O) groups is 2. The molecule has 0 unspecified atom stereocenters. The highest BCUT2D eigenvalue weighted by Crippen LogP contribution is 2.27. The van der Waals surface area contributed by atoms with E-state index in [1.54, 1.807) is 6.07 Å². The number of nitrogens with one attached hydrogen (secondary N) is 2. The molecule has 33 heavy (non-hydrogen) atoms. The van der Waals surface area contributed by atoms with Crippen LogP contribution in [0.1, 0.15) is 53.4 Å². The maximum Gasteiger partial charge on any atom is 0.338 e. The van der Waals surface area contributed by atoms with E-state index in [0.717, 1.165) is 46.5 Å². The van der Waals surface area contributed by atoms with Gasteiger partial charge in [-0.2, -0.15) is 0 Å². The molecule has 0 saturated carbocycles. The molecule has 0 atom stereocenters. The molecule has 2 N–H and O–H groups in total. The minimum absolute atomic E-state index is 0.00211. The van der Waals surface area contributed by atoms with E-state index in [0.29, 0.717) is 24.3 Å². The van der Waals surface area contributed by atoms with E-state index in [2.05, 4.69) is 22.5 Å². The van der Waals surface area contributed by atoms with Gasteiger partial charge in [-0.3, -0.25) is 4.79 Å². The number of aryl methyl sites for hydroxylation is 2. The molecule has 3 rings (SSSR count). The summed E-state index contributed by atoms with van der Waals surface area (Å²) in [6, 6.07) is 17.4. The molecule has 1 amide bonds. The van der Waals surface area contributed by atoms with E-state index in [-0.39, 0.29) is 11.9 Å². The second kappa shape index (κ2) is 11.3. The molecule has 1 aromatic heterocycles. The van der Waals surface area contributed by atoms with Crippen LogP contribution in [0.5, 0.6) is 0 Å².